The average molecular weight is 413 g/mol. The van der Waals surface area contributed by atoms with E-state index in [2.05, 4.69) is 10.8 Å². The highest BCUT2D eigenvalue weighted by Gasteiger charge is 2.46. The molecule has 2 saturated heterocycles. The summed E-state index contributed by atoms with van der Waals surface area (Å²) in [7, 11) is 0. The number of hydrogen-bond donors (Lipinski definition) is 0. The number of rotatable bonds is 2. The molecule has 4 rings (SSSR count). The number of amides is 2. The maximum Gasteiger partial charge on any atom is 0.410 e. The first-order valence-corrected chi connectivity index (χ1v) is 10.6. The van der Waals surface area contributed by atoms with Gasteiger partial charge < -0.3 is 19.4 Å². The van der Waals surface area contributed by atoms with Crippen LogP contribution in [0, 0.1) is 18.2 Å². The molecule has 3 heterocycles. The molecule has 6 nitrogen and oxygen atoms in total. The van der Waals surface area contributed by atoms with E-state index in [9.17, 15) is 14.0 Å². The zero-order chi connectivity index (χ0) is 21.3. The van der Waals surface area contributed by atoms with Gasteiger partial charge in [-0.15, -0.1) is 6.42 Å². The SMILES string of the molecule is C#CCOC(=O)N1CCC(N2CCC3(CC2)CN(C(C)=O)c2ccc(F)cc23)CC1. The molecule has 1 spiro atoms. The van der Waals surface area contributed by atoms with Crippen molar-refractivity contribution in [3.05, 3.63) is 29.6 Å². The summed E-state index contributed by atoms with van der Waals surface area (Å²) in [5.74, 6) is 2.08. The van der Waals surface area contributed by atoms with Gasteiger partial charge in [-0.1, -0.05) is 5.92 Å². The summed E-state index contributed by atoms with van der Waals surface area (Å²) < 4.78 is 19.0. The van der Waals surface area contributed by atoms with E-state index in [4.69, 9.17) is 11.2 Å². The zero-order valence-corrected chi connectivity index (χ0v) is 17.4. The Bertz CT molecular complexity index is 865. The van der Waals surface area contributed by atoms with Crippen LogP contribution < -0.4 is 4.90 Å². The van der Waals surface area contributed by atoms with Crippen LogP contribution >= 0.6 is 0 Å². The van der Waals surface area contributed by atoms with E-state index in [1.807, 2.05) is 0 Å². The van der Waals surface area contributed by atoms with Crippen molar-refractivity contribution in [2.75, 3.05) is 44.2 Å². The van der Waals surface area contributed by atoms with Crippen LogP contribution in [0.1, 0.15) is 38.2 Å². The Morgan fingerprint density at radius 3 is 2.57 bits per heavy atom. The Labute approximate surface area is 176 Å². The minimum atomic E-state index is -0.335. The molecule has 0 aromatic heterocycles. The van der Waals surface area contributed by atoms with Crippen LogP contribution in [0.15, 0.2) is 18.2 Å². The summed E-state index contributed by atoms with van der Waals surface area (Å²) in [4.78, 5) is 30.1. The molecule has 7 heteroatoms. The highest BCUT2D eigenvalue weighted by molar-refractivity contribution is 5.94. The predicted molar refractivity (Wildman–Crippen MR) is 112 cm³/mol. The van der Waals surface area contributed by atoms with Crippen molar-refractivity contribution < 1.29 is 18.7 Å². The van der Waals surface area contributed by atoms with E-state index >= 15 is 0 Å². The van der Waals surface area contributed by atoms with Crippen LogP contribution in [0.5, 0.6) is 0 Å². The maximum absolute atomic E-state index is 14.0. The Morgan fingerprint density at radius 2 is 1.93 bits per heavy atom. The molecule has 0 unspecified atom stereocenters. The van der Waals surface area contributed by atoms with Crippen LogP contribution in [-0.2, 0) is 14.9 Å². The van der Waals surface area contributed by atoms with Gasteiger partial charge in [0.15, 0.2) is 6.61 Å². The summed E-state index contributed by atoms with van der Waals surface area (Å²) >= 11 is 0. The minimum Gasteiger partial charge on any atom is -0.436 e. The van der Waals surface area contributed by atoms with Gasteiger partial charge in [0.2, 0.25) is 5.91 Å². The van der Waals surface area contributed by atoms with Gasteiger partial charge in [-0.3, -0.25) is 4.79 Å². The summed E-state index contributed by atoms with van der Waals surface area (Å²) in [6.07, 6.45) is 8.42. The van der Waals surface area contributed by atoms with E-state index in [1.165, 1.54) is 6.07 Å². The van der Waals surface area contributed by atoms with Crippen molar-refractivity contribution in [2.45, 2.75) is 44.1 Å². The molecule has 3 aliphatic heterocycles. The Balaban J connectivity index is 1.38. The monoisotopic (exact) mass is 413 g/mol. The van der Waals surface area contributed by atoms with Crippen LogP contribution in [0.3, 0.4) is 0 Å². The van der Waals surface area contributed by atoms with Crippen molar-refractivity contribution in [3.8, 4) is 12.3 Å². The van der Waals surface area contributed by atoms with E-state index in [0.717, 1.165) is 50.0 Å². The number of likely N-dealkylation sites (tertiary alicyclic amines) is 2. The molecule has 0 atom stereocenters. The van der Waals surface area contributed by atoms with E-state index in [0.29, 0.717) is 25.7 Å². The number of carbonyl (C=O) groups excluding carboxylic acids is 2. The van der Waals surface area contributed by atoms with Gasteiger partial charge in [0.1, 0.15) is 5.82 Å². The van der Waals surface area contributed by atoms with E-state index in [-0.39, 0.29) is 29.8 Å². The molecule has 0 saturated carbocycles. The van der Waals surface area contributed by atoms with Crippen LogP contribution in [0.25, 0.3) is 0 Å². The lowest BCUT2D eigenvalue weighted by Crippen LogP contribution is -2.52. The first-order valence-electron chi connectivity index (χ1n) is 10.6. The average Bonchev–Trinajstić information content (AvgIpc) is 3.06. The molecule has 2 amide bonds. The van der Waals surface area contributed by atoms with E-state index < -0.39 is 0 Å². The number of fused-ring (bicyclic) bond motifs is 2. The van der Waals surface area contributed by atoms with Crippen molar-refractivity contribution in [3.63, 3.8) is 0 Å². The molecule has 0 bridgehead atoms. The number of carbonyl (C=O) groups is 2. The van der Waals surface area contributed by atoms with Crippen LogP contribution in [-0.4, -0.2) is 67.2 Å². The number of terminal acetylenes is 1. The number of benzene rings is 1. The quantitative estimate of drug-likeness (QED) is 0.700. The lowest BCUT2D eigenvalue weighted by molar-refractivity contribution is -0.116. The number of nitrogens with zero attached hydrogens (tertiary/aromatic N) is 3. The zero-order valence-electron chi connectivity index (χ0n) is 17.4. The summed E-state index contributed by atoms with van der Waals surface area (Å²) in [6, 6.07) is 5.22. The van der Waals surface area contributed by atoms with Crippen LogP contribution in [0.4, 0.5) is 14.9 Å². The summed E-state index contributed by atoms with van der Waals surface area (Å²) in [5.41, 5.74) is 1.67. The van der Waals surface area contributed by atoms with Gasteiger partial charge >= 0.3 is 6.09 Å². The second-order valence-corrected chi connectivity index (χ2v) is 8.56. The smallest absolute Gasteiger partial charge is 0.410 e. The summed E-state index contributed by atoms with van der Waals surface area (Å²) in [6.45, 7) is 5.37. The molecule has 1 aromatic carbocycles. The lowest BCUT2D eigenvalue weighted by Gasteiger charge is -2.45. The van der Waals surface area contributed by atoms with Crippen LogP contribution in [0.2, 0.25) is 0 Å². The van der Waals surface area contributed by atoms with Gasteiger partial charge in [-0.25, -0.2) is 9.18 Å². The second kappa shape index (κ2) is 8.27. The lowest BCUT2D eigenvalue weighted by atomic mass is 9.74. The Hall–Kier alpha value is -2.59. The van der Waals surface area contributed by atoms with Gasteiger partial charge in [0.25, 0.3) is 0 Å². The first kappa shape index (κ1) is 20.7. The summed E-state index contributed by atoms with van der Waals surface area (Å²) in [5, 5.41) is 0. The fourth-order valence-electron chi connectivity index (χ4n) is 5.28. The highest BCUT2D eigenvalue weighted by atomic mass is 19.1. The molecule has 3 aliphatic rings. The fourth-order valence-corrected chi connectivity index (χ4v) is 5.28. The van der Waals surface area contributed by atoms with Gasteiger partial charge in [-0.2, -0.15) is 0 Å². The van der Waals surface area contributed by atoms with Crippen molar-refractivity contribution in [1.82, 2.24) is 9.80 Å². The third kappa shape index (κ3) is 3.77. The minimum absolute atomic E-state index is 0.00579. The maximum atomic E-state index is 14.0. The first-order chi connectivity index (χ1) is 14.4. The predicted octanol–water partition coefficient (Wildman–Crippen LogP) is 2.76. The molecule has 0 N–H and O–H groups in total. The second-order valence-electron chi connectivity index (χ2n) is 8.56. The van der Waals surface area contributed by atoms with E-state index in [1.54, 1.807) is 28.9 Å². The Kier molecular flexibility index (Phi) is 5.70. The van der Waals surface area contributed by atoms with Crippen molar-refractivity contribution >= 4 is 17.7 Å². The third-order valence-corrected chi connectivity index (χ3v) is 6.93. The topological polar surface area (TPSA) is 53.1 Å². The third-order valence-electron chi connectivity index (χ3n) is 6.93. The number of hydrogen-bond acceptors (Lipinski definition) is 4. The molecular weight excluding hydrogens is 385 g/mol. The molecule has 1 aromatic rings. The molecular formula is C23H28FN3O3. The molecule has 30 heavy (non-hydrogen) atoms. The molecule has 2 fully saturated rings. The van der Waals surface area contributed by atoms with Crippen molar-refractivity contribution in [1.29, 1.82) is 0 Å². The van der Waals surface area contributed by atoms with Gasteiger partial charge in [0, 0.05) is 43.7 Å². The number of ether oxygens (including phenoxy) is 1. The van der Waals surface area contributed by atoms with Gasteiger partial charge in [0.05, 0.1) is 0 Å². The number of anilines is 1. The largest absolute Gasteiger partial charge is 0.436 e. The standard InChI is InChI=1S/C23H28FN3O3/c1-3-14-30-22(29)26-10-6-19(7-11-26)25-12-8-23(9-13-25)16-27(17(2)28)21-5-4-18(24)15-20(21)23/h1,4-5,15,19H,6-14,16H2,2H3. The molecule has 160 valence electrons. The highest BCUT2D eigenvalue weighted by Crippen LogP contribution is 2.47. The normalized spacial score (nSPS) is 21.4. The number of halogens is 1. The molecule has 0 aliphatic carbocycles. The number of piperidine rings is 2. The molecule has 0 radical (unpaired) electrons. The van der Waals surface area contributed by atoms with Crippen molar-refractivity contribution in [2.24, 2.45) is 0 Å². The fraction of sp³-hybridized carbons (Fsp3) is 0.565. The van der Waals surface area contributed by atoms with Gasteiger partial charge in [-0.05, 0) is 62.5 Å². The Morgan fingerprint density at radius 1 is 1.23 bits per heavy atom.